The highest BCUT2D eigenvalue weighted by molar-refractivity contribution is 5.97. The highest BCUT2D eigenvalue weighted by Crippen LogP contribution is 2.09. The summed E-state index contributed by atoms with van der Waals surface area (Å²) in [5.74, 6) is -0.184. The highest BCUT2D eigenvalue weighted by atomic mass is 16.2. The molecule has 0 atom stereocenters. The van der Waals surface area contributed by atoms with Crippen molar-refractivity contribution >= 4 is 11.9 Å². The van der Waals surface area contributed by atoms with Gasteiger partial charge in [0.2, 0.25) is 0 Å². The zero-order chi connectivity index (χ0) is 11.1. The molecule has 0 bridgehead atoms. The van der Waals surface area contributed by atoms with Crippen LogP contribution in [-0.2, 0) is 0 Å². The Labute approximate surface area is 88.3 Å². The average Bonchev–Trinajstić information content (AvgIpc) is 2.27. The predicted molar refractivity (Wildman–Crippen MR) is 57.1 cm³/mol. The minimum atomic E-state index is -0.184. The van der Waals surface area contributed by atoms with Gasteiger partial charge in [0.1, 0.15) is 0 Å². The number of nitriles is 1. The van der Waals surface area contributed by atoms with Gasteiger partial charge >= 0.3 is 0 Å². The van der Waals surface area contributed by atoms with E-state index in [1.165, 1.54) is 0 Å². The van der Waals surface area contributed by atoms with E-state index >= 15 is 0 Å². The lowest BCUT2D eigenvalue weighted by Crippen LogP contribution is -1.97. The molecular weight excluding hydrogens is 190 g/mol. The van der Waals surface area contributed by atoms with Crippen LogP contribution in [0.3, 0.4) is 0 Å². The van der Waals surface area contributed by atoms with Crippen molar-refractivity contribution in [3.63, 3.8) is 0 Å². The Kier molecular flexibility index (Phi) is 4.27. The van der Waals surface area contributed by atoms with E-state index in [-0.39, 0.29) is 18.8 Å². The molecule has 3 heteroatoms. The third-order valence-electron chi connectivity index (χ3n) is 1.86. The van der Waals surface area contributed by atoms with Crippen molar-refractivity contribution in [1.82, 2.24) is 0 Å². The zero-order valence-corrected chi connectivity index (χ0v) is 8.18. The van der Waals surface area contributed by atoms with Crippen molar-refractivity contribution in [3.05, 3.63) is 41.5 Å². The lowest BCUT2D eigenvalue weighted by Gasteiger charge is -1.98. The topological polar surface area (TPSA) is 61.1 Å². The Morgan fingerprint density at radius 2 is 2.33 bits per heavy atom. The fourth-order valence-corrected chi connectivity index (χ4v) is 1.18. The molecule has 1 aromatic carbocycles. The van der Waals surface area contributed by atoms with E-state index in [1.54, 1.807) is 30.4 Å². The number of hydrogen-bond acceptors (Lipinski definition) is 3. The lowest BCUT2D eigenvalue weighted by atomic mass is 10.1. The molecule has 76 valence electrons. The van der Waals surface area contributed by atoms with E-state index in [1.807, 2.05) is 12.1 Å². The van der Waals surface area contributed by atoms with Crippen molar-refractivity contribution in [3.8, 4) is 6.07 Å². The van der Waals surface area contributed by atoms with E-state index in [2.05, 4.69) is 0 Å². The highest BCUT2D eigenvalue weighted by Gasteiger charge is 2.04. The minimum Gasteiger partial charge on any atom is -0.392 e. The molecule has 0 fully saturated rings. The van der Waals surface area contributed by atoms with Crippen LogP contribution in [0.25, 0.3) is 6.08 Å². The van der Waals surface area contributed by atoms with Crippen LogP contribution in [0.15, 0.2) is 30.3 Å². The van der Waals surface area contributed by atoms with Crippen LogP contribution in [-0.4, -0.2) is 17.5 Å². The van der Waals surface area contributed by atoms with Crippen LogP contribution in [0.4, 0.5) is 0 Å². The number of nitrogens with zero attached hydrogens (tertiary/aromatic N) is 1. The Hall–Kier alpha value is -1.92. The number of carbonyl (C=O) groups excluding carboxylic acids is 1. The maximum Gasteiger partial charge on any atom is 0.176 e. The van der Waals surface area contributed by atoms with E-state index < -0.39 is 0 Å². The molecule has 1 N–H and O–H groups in total. The summed E-state index contributed by atoms with van der Waals surface area (Å²) in [5.41, 5.74) is 1.37. The molecule has 0 saturated carbocycles. The molecule has 3 nitrogen and oxygen atoms in total. The van der Waals surface area contributed by atoms with Gasteiger partial charge in [-0.05, 0) is 11.6 Å². The predicted octanol–water partition coefficient (Wildman–Crippen LogP) is 1.79. The van der Waals surface area contributed by atoms with Crippen LogP contribution in [0, 0.1) is 11.3 Å². The Morgan fingerprint density at radius 3 is 3.00 bits per heavy atom. The molecular formula is C12H11NO2. The first-order valence-electron chi connectivity index (χ1n) is 4.55. The monoisotopic (exact) mass is 201 g/mol. The number of Topliss-reactive ketones (excluding diaryl/α,β-unsaturated/α-hetero) is 1. The summed E-state index contributed by atoms with van der Waals surface area (Å²) < 4.78 is 0. The zero-order valence-electron chi connectivity index (χ0n) is 8.18. The molecule has 0 amide bonds. The van der Waals surface area contributed by atoms with Gasteiger partial charge in [0.15, 0.2) is 5.78 Å². The molecule has 0 spiro atoms. The fraction of sp³-hybridized carbons (Fsp3) is 0.167. The molecule has 0 aromatic heterocycles. The molecule has 1 aromatic rings. The second-order valence-electron chi connectivity index (χ2n) is 2.97. The van der Waals surface area contributed by atoms with E-state index in [0.29, 0.717) is 5.56 Å². The Morgan fingerprint density at radius 1 is 1.53 bits per heavy atom. The van der Waals surface area contributed by atoms with E-state index in [4.69, 9.17) is 10.4 Å². The van der Waals surface area contributed by atoms with Crippen molar-refractivity contribution in [2.45, 2.75) is 6.42 Å². The summed E-state index contributed by atoms with van der Waals surface area (Å²) in [6.07, 6.45) is 3.21. The number of benzene rings is 1. The minimum absolute atomic E-state index is 0.0314. The quantitative estimate of drug-likeness (QED) is 0.755. The van der Waals surface area contributed by atoms with Crippen LogP contribution >= 0.6 is 0 Å². The van der Waals surface area contributed by atoms with Crippen LogP contribution in [0.2, 0.25) is 0 Å². The number of ketones is 1. The fourth-order valence-electron chi connectivity index (χ4n) is 1.18. The summed E-state index contributed by atoms with van der Waals surface area (Å²) >= 11 is 0. The normalized spacial score (nSPS) is 10.1. The summed E-state index contributed by atoms with van der Waals surface area (Å²) in [7, 11) is 0. The smallest absolute Gasteiger partial charge is 0.176 e. The maximum absolute atomic E-state index is 11.4. The molecule has 0 heterocycles. The number of rotatable bonds is 4. The molecule has 1 rings (SSSR count). The summed E-state index contributed by atoms with van der Waals surface area (Å²) in [6.45, 7) is -0.0314. The van der Waals surface area contributed by atoms with E-state index in [9.17, 15) is 4.79 Å². The molecule has 0 saturated heterocycles. The second kappa shape index (κ2) is 5.74. The van der Waals surface area contributed by atoms with Crippen LogP contribution in [0.1, 0.15) is 22.3 Å². The number of carbonyl (C=O) groups is 1. The third kappa shape index (κ3) is 3.37. The SMILES string of the molecule is N#CCC(=O)c1cccc(C=CCO)c1. The summed E-state index contributed by atoms with van der Waals surface area (Å²) in [6, 6.07) is 8.78. The largest absolute Gasteiger partial charge is 0.392 e. The Bertz CT molecular complexity index is 416. The standard InChI is InChI=1S/C12H11NO2/c13-7-6-12(15)11-5-1-3-10(9-11)4-2-8-14/h1-5,9,14H,6,8H2. The first-order valence-corrected chi connectivity index (χ1v) is 4.55. The van der Waals surface area contributed by atoms with Gasteiger partial charge in [-0.3, -0.25) is 4.79 Å². The van der Waals surface area contributed by atoms with Crippen molar-refractivity contribution in [2.75, 3.05) is 6.61 Å². The molecule has 0 radical (unpaired) electrons. The van der Waals surface area contributed by atoms with Gasteiger partial charge in [0.05, 0.1) is 19.1 Å². The van der Waals surface area contributed by atoms with Crippen molar-refractivity contribution < 1.29 is 9.90 Å². The van der Waals surface area contributed by atoms with Gasteiger partial charge in [-0.2, -0.15) is 5.26 Å². The molecule has 15 heavy (non-hydrogen) atoms. The van der Waals surface area contributed by atoms with E-state index in [0.717, 1.165) is 5.56 Å². The molecule has 0 aliphatic rings. The second-order valence-corrected chi connectivity index (χ2v) is 2.97. The van der Waals surface area contributed by atoms with Gasteiger partial charge in [0, 0.05) is 5.56 Å². The molecule has 0 aliphatic heterocycles. The van der Waals surface area contributed by atoms with Gasteiger partial charge in [0.25, 0.3) is 0 Å². The number of aliphatic hydroxyl groups excluding tert-OH is 1. The molecule has 0 aliphatic carbocycles. The summed E-state index contributed by atoms with van der Waals surface area (Å²) in [5, 5.41) is 17.0. The Balaban J connectivity index is 2.88. The number of aliphatic hydroxyl groups is 1. The maximum atomic E-state index is 11.4. The number of hydrogen-bond donors (Lipinski definition) is 1. The van der Waals surface area contributed by atoms with Gasteiger partial charge in [-0.15, -0.1) is 0 Å². The average molecular weight is 201 g/mol. The van der Waals surface area contributed by atoms with Crippen LogP contribution in [0.5, 0.6) is 0 Å². The first kappa shape index (κ1) is 11.2. The van der Waals surface area contributed by atoms with Gasteiger partial charge in [-0.1, -0.05) is 30.4 Å². The molecule has 0 unspecified atom stereocenters. The summed E-state index contributed by atoms with van der Waals surface area (Å²) in [4.78, 5) is 11.4. The van der Waals surface area contributed by atoms with Crippen LogP contribution < -0.4 is 0 Å². The van der Waals surface area contributed by atoms with Gasteiger partial charge in [-0.25, -0.2) is 0 Å². The lowest BCUT2D eigenvalue weighted by molar-refractivity contribution is 0.0997. The van der Waals surface area contributed by atoms with Gasteiger partial charge < -0.3 is 5.11 Å². The van der Waals surface area contributed by atoms with Crippen molar-refractivity contribution in [2.24, 2.45) is 0 Å². The third-order valence-corrected chi connectivity index (χ3v) is 1.86. The van der Waals surface area contributed by atoms with Crippen molar-refractivity contribution in [1.29, 1.82) is 5.26 Å². The first-order chi connectivity index (χ1) is 7.27.